The van der Waals surface area contributed by atoms with E-state index in [0.29, 0.717) is 12.8 Å². The summed E-state index contributed by atoms with van der Waals surface area (Å²) in [6.45, 7) is 6.29. The summed E-state index contributed by atoms with van der Waals surface area (Å²) in [4.78, 5) is 12.0. The zero-order valence-electron chi connectivity index (χ0n) is 12.8. The van der Waals surface area contributed by atoms with E-state index >= 15 is 0 Å². The van der Waals surface area contributed by atoms with Gasteiger partial charge >= 0.3 is 5.97 Å². The minimum atomic E-state index is -1.12. The van der Waals surface area contributed by atoms with Crippen LogP contribution in [0.3, 0.4) is 0 Å². The molecule has 2 atom stereocenters. The van der Waals surface area contributed by atoms with Gasteiger partial charge in [0.05, 0.1) is 13.0 Å². The average molecular weight is 276 g/mol. The van der Waals surface area contributed by atoms with Gasteiger partial charge in [-0.3, -0.25) is 4.79 Å². The van der Waals surface area contributed by atoms with Crippen molar-refractivity contribution >= 4 is 5.97 Å². The molecule has 0 radical (unpaired) electrons. The van der Waals surface area contributed by atoms with E-state index in [1.54, 1.807) is 0 Å². The van der Waals surface area contributed by atoms with Gasteiger partial charge in [-0.05, 0) is 35.8 Å². The standard InChI is InChI=1S/C17H24O3/c1-5-12(15(18)20-4)17(19)11-10-16(2,3)13-8-6-7-9-14(13)17/h6-9,12,19H,5,10-11H2,1-4H3. The molecule has 3 heteroatoms. The molecular formula is C17H24O3. The van der Waals surface area contributed by atoms with Crippen LogP contribution in [0.5, 0.6) is 0 Å². The number of carbonyl (C=O) groups excluding carboxylic acids is 1. The van der Waals surface area contributed by atoms with Crippen molar-refractivity contribution in [3.05, 3.63) is 35.4 Å². The van der Waals surface area contributed by atoms with Crippen LogP contribution in [0.2, 0.25) is 0 Å². The molecule has 0 fully saturated rings. The van der Waals surface area contributed by atoms with Gasteiger partial charge in [0.2, 0.25) is 0 Å². The van der Waals surface area contributed by atoms with E-state index in [4.69, 9.17) is 4.74 Å². The number of benzene rings is 1. The van der Waals surface area contributed by atoms with E-state index in [-0.39, 0.29) is 11.4 Å². The SMILES string of the molecule is CCC(C(=O)OC)C1(O)CCC(C)(C)c2ccccc21. The van der Waals surface area contributed by atoms with Gasteiger partial charge in [-0.1, -0.05) is 45.0 Å². The second-order valence-corrected chi connectivity index (χ2v) is 6.34. The van der Waals surface area contributed by atoms with Gasteiger partial charge in [0.1, 0.15) is 5.60 Å². The Bertz CT molecular complexity index is 507. The van der Waals surface area contributed by atoms with Crippen molar-refractivity contribution in [3.8, 4) is 0 Å². The lowest BCUT2D eigenvalue weighted by molar-refractivity contribution is -0.159. The third-order valence-electron chi connectivity index (χ3n) is 4.72. The van der Waals surface area contributed by atoms with E-state index < -0.39 is 11.5 Å². The Kier molecular flexibility index (Phi) is 3.92. The third kappa shape index (κ3) is 2.24. The summed E-state index contributed by atoms with van der Waals surface area (Å²) in [6, 6.07) is 7.92. The number of methoxy groups -OCH3 is 1. The topological polar surface area (TPSA) is 46.5 Å². The van der Waals surface area contributed by atoms with Crippen molar-refractivity contribution < 1.29 is 14.6 Å². The first-order chi connectivity index (χ1) is 9.36. The molecule has 2 rings (SSSR count). The molecule has 1 aromatic rings. The number of aliphatic hydroxyl groups is 1. The number of ether oxygens (including phenoxy) is 1. The summed E-state index contributed by atoms with van der Waals surface area (Å²) in [7, 11) is 1.38. The molecule has 0 saturated carbocycles. The molecule has 1 aliphatic carbocycles. The van der Waals surface area contributed by atoms with Crippen LogP contribution in [-0.4, -0.2) is 18.2 Å². The Morgan fingerprint density at radius 3 is 2.45 bits per heavy atom. The fourth-order valence-electron chi connectivity index (χ4n) is 3.43. The Labute approximate surface area is 121 Å². The molecule has 1 aliphatic rings. The Morgan fingerprint density at radius 1 is 1.30 bits per heavy atom. The summed E-state index contributed by atoms with van der Waals surface area (Å²) < 4.78 is 4.89. The second kappa shape index (κ2) is 5.21. The van der Waals surface area contributed by atoms with E-state index in [1.807, 2.05) is 25.1 Å². The largest absolute Gasteiger partial charge is 0.469 e. The van der Waals surface area contributed by atoms with E-state index in [0.717, 1.165) is 17.5 Å². The van der Waals surface area contributed by atoms with Crippen molar-refractivity contribution in [2.75, 3.05) is 7.11 Å². The molecule has 2 unspecified atom stereocenters. The quantitative estimate of drug-likeness (QED) is 0.863. The molecule has 0 heterocycles. The van der Waals surface area contributed by atoms with Crippen LogP contribution in [0.1, 0.15) is 51.2 Å². The number of carbonyl (C=O) groups is 1. The maximum Gasteiger partial charge on any atom is 0.311 e. The zero-order chi connectivity index (χ0) is 15.0. The highest BCUT2D eigenvalue weighted by molar-refractivity contribution is 5.74. The molecule has 0 spiro atoms. The van der Waals surface area contributed by atoms with Crippen LogP contribution >= 0.6 is 0 Å². The summed E-state index contributed by atoms with van der Waals surface area (Å²) in [5, 5.41) is 11.2. The lowest BCUT2D eigenvalue weighted by atomic mass is 9.63. The fraction of sp³-hybridized carbons (Fsp3) is 0.588. The molecule has 0 amide bonds. The number of hydrogen-bond acceptors (Lipinski definition) is 3. The summed E-state index contributed by atoms with van der Waals surface area (Å²) >= 11 is 0. The number of hydrogen-bond donors (Lipinski definition) is 1. The van der Waals surface area contributed by atoms with Crippen molar-refractivity contribution in [3.63, 3.8) is 0 Å². The average Bonchev–Trinajstić information content (AvgIpc) is 2.44. The smallest absolute Gasteiger partial charge is 0.311 e. The highest BCUT2D eigenvalue weighted by Crippen LogP contribution is 2.48. The number of fused-ring (bicyclic) bond motifs is 1. The first kappa shape index (κ1) is 15.0. The van der Waals surface area contributed by atoms with E-state index in [9.17, 15) is 9.90 Å². The van der Waals surface area contributed by atoms with Gasteiger partial charge in [-0.15, -0.1) is 0 Å². The highest BCUT2D eigenvalue weighted by atomic mass is 16.5. The predicted molar refractivity (Wildman–Crippen MR) is 78.4 cm³/mol. The minimum absolute atomic E-state index is 0.0250. The van der Waals surface area contributed by atoms with Crippen LogP contribution in [0.4, 0.5) is 0 Å². The van der Waals surface area contributed by atoms with Gasteiger partial charge in [0.15, 0.2) is 0 Å². The Morgan fingerprint density at radius 2 is 1.90 bits per heavy atom. The molecular weight excluding hydrogens is 252 g/mol. The van der Waals surface area contributed by atoms with Crippen LogP contribution in [-0.2, 0) is 20.5 Å². The van der Waals surface area contributed by atoms with E-state index in [2.05, 4.69) is 19.9 Å². The molecule has 110 valence electrons. The molecule has 1 aromatic carbocycles. The molecule has 3 nitrogen and oxygen atoms in total. The molecule has 20 heavy (non-hydrogen) atoms. The lowest BCUT2D eigenvalue weighted by Gasteiger charge is -2.45. The maximum absolute atomic E-state index is 12.0. The van der Waals surface area contributed by atoms with Gasteiger partial charge in [0.25, 0.3) is 0 Å². The maximum atomic E-state index is 12.0. The Balaban J connectivity index is 2.55. The van der Waals surface area contributed by atoms with Crippen molar-refractivity contribution in [2.24, 2.45) is 5.92 Å². The number of rotatable bonds is 3. The molecule has 1 N–H and O–H groups in total. The molecule has 0 aromatic heterocycles. The highest BCUT2D eigenvalue weighted by Gasteiger charge is 2.48. The predicted octanol–water partition coefficient (Wildman–Crippen LogP) is 3.14. The van der Waals surface area contributed by atoms with Crippen molar-refractivity contribution in [1.29, 1.82) is 0 Å². The first-order valence-corrected chi connectivity index (χ1v) is 7.27. The monoisotopic (exact) mass is 276 g/mol. The Hall–Kier alpha value is -1.35. The summed E-state index contributed by atoms with van der Waals surface area (Å²) in [6.07, 6.45) is 2.01. The van der Waals surface area contributed by atoms with Gasteiger partial charge in [-0.2, -0.15) is 0 Å². The van der Waals surface area contributed by atoms with Gasteiger partial charge in [0, 0.05) is 0 Å². The van der Waals surface area contributed by atoms with Crippen LogP contribution in [0.25, 0.3) is 0 Å². The minimum Gasteiger partial charge on any atom is -0.469 e. The number of esters is 1. The molecule has 0 saturated heterocycles. The van der Waals surface area contributed by atoms with E-state index in [1.165, 1.54) is 7.11 Å². The summed E-state index contributed by atoms with van der Waals surface area (Å²) in [5.74, 6) is -0.839. The van der Waals surface area contributed by atoms with Crippen molar-refractivity contribution in [1.82, 2.24) is 0 Å². The van der Waals surface area contributed by atoms with Crippen LogP contribution in [0.15, 0.2) is 24.3 Å². The zero-order valence-corrected chi connectivity index (χ0v) is 12.8. The van der Waals surface area contributed by atoms with Gasteiger partial charge < -0.3 is 9.84 Å². The summed E-state index contributed by atoms with van der Waals surface area (Å²) in [5.41, 5.74) is 0.926. The molecule has 0 aliphatic heterocycles. The third-order valence-corrected chi connectivity index (χ3v) is 4.72. The van der Waals surface area contributed by atoms with Crippen LogP contribution in [0, 0.1) is 5.92 Å². The molecule has 0 bridgehead atoms. The van der Waals surface area contributed by atoms with Crippen molar-refractivity contribution in [2.45, 2.75) is 51.0 Å². The fourth-order valence-corrected chi connectivity index (χ4v) is 3.43. The van der Waals surface area contributed by atoms with Gasteiger partial charge in [-0.25, -0.2) is 0 Å². The second-order valence-electron chi connectivity index (χ2n) is 6.34. The van der Waals surface area contributed by atoms with Crippen LogP contribution < -0.4 is 0 Å². The normalized spacial score (nSPS) is 25.6. The lowest BCUT2D eigenvalue weighted by Crippen LogP contribution is -2.46. The first-order valence-electron chi connectivity index (χ1n) is 7.27.